The molecule has 0 bridgehead atoms. The highest BCUT2D eigenvalue weighted by atomic mass is 16.5. The maximum atomic E-state index is 10.6. The van der Waals surface area contributed by atoms with Gasteiger partial charge in [0.25, 0.3) is 0 Å². The predicted octanol–water partition coefficient (Wildman–Crippen LogP) is 9.20. The second kappa shape index (κ2) is 13.4. The molecule has 3 nitrogen and oxygen atoms in total. The van der Waals surface area contributed by atoms with Crippen molar-refractivity contribution in [3.63, 3.8) is 0 Å². The number of unbranched alkanes of at least 4 members (excludes halogenated alkanes) is 1. The number of hydrogen-bond donors (Lipinski definition) is 0. The fourth-order valence-electron chi connectivity index (χ4n) is 5.89. The van der Waals surface area contributed by atoms with Gasteiger partial charge in [-0.25, -0.2) is 0 Å². The summed E-state index contributed by atoms with van der Waals surface area (Å²) in [6.45, 7) is 3.57. The molecule has 0 aliphatic heterocycles. The Hall–Kier alpha value is -4.89. The van der Waals surface area contributed by atoms with Crippen LogP contribution in [0.3, 0.4) is 0 Å². The molecule has 1 aromatic heterocycles. The average molecular weight is 564 g/mol. The van der Waals surface area contributed by atoms with Gasteiger partial charge in [-0.1, -0.05) is 103 Å². The number of benzene rings is 5. The monoisotopic (exact) mass is 563 g/mol. The van der Waals surface area contributed by atoms with Crippen LogP contribution in [0, 0.1) is 6.92 Å². The molecule has 1 heterocycles. The van der Waals surface area contributed by atoms with Gasteiger partial charge in [0.05, 0.1) is 12.3 Å². The first-order chi connectivity index (χ1) is 21.2. The van der Waals surface area contributed by atoms with Gasteiger partial charge >= 0.3 is 0 Å². The number of aldehydes is 1. The van der Waals surface area contributed by atoms with Crippen LogP contribution in [0.15, 0.2) is 127 Å². The minimum Gasteiger partial charge on any atom is -0.494 e. The number of carbonyl (C=O) groups excluding carboxylic acids is 1. The molecule has 6 rings (SSSR count). The first-order valence-electron chi connectivity index (χ1n) is 15.1. The van der Waals surface area contributed by atoms with Crippen LogP contribution in [-0.2, 0) is 24.2 Å². The zero-order valence-electron chi connectivity index (χ0n) is 24.7. The second-order valence-corrected chi connectivity index (χ2v) is 11.2. The predicted molar refractivity (Wildman–Crippen MR) is 177 cm³/mol. The van der Waals surface area contributed by atoms with E-state index in [-0.39, 0.29) is 0 Å². The largest absolute Gasteiger partial charge is 0.494 e. The van der Waals surface area contributed by atoms with Crippen molar-refractivity contribution in [2.24, 2.45) is 0 Å². The Labute approximate surface area is 254 Å². The van der Waals surface area contributed by atoms with Gasteiger partial charge in [-0.15, -0.1) is 0 Å². The molecule has 214 valence electrons. The van der Waals surface area contributed by atoms with Crippen LogP contribution in [0.25, 0.3) is 22.2 Å². The van der Waals surface area contributed by atoms with Crippen molar-refractivity contribution in [1.82, 2.24) is 4.57 Å². The lowest BCUT2D eigenvalue weighted by Gasteiger charge is -2.14. The third kappa shape index (κ3) is 6.79. The second-order valence-electron chi connectivity index (χ2n) is 11.2. The van der Waals surface area contributed by atoms with E-state index in [1.807, 2.05) is 12.1 Å². The summed E-state index contributed by atoms with van der Waals surface area (Å²) in [6, 6.07) is 45.7. The van der Waals surface area contributed by atoms with Crippen LogP contribution in [0.2, 0.25) is 0 Å². The molecule has 0 saturated heterocycles. The van der Waals surface area contributed by atoms with Crippen LogP contribution >= 0.6 is 0 Å². The standard InChI is InChI=1S/C40H37NO2/c1-30-38-28-35(27-32-12-6-3-7-13-32)18-23-39(38)41(29-34-16-21-37(22-17-34)43-25-9-8-24-42)40(30)36-19-14-33(15-20-36)26-31-10-4-2-5-11-31/h2-7,10-24,28H,8-9,25-27,29H2,1H3. The number of hydrogen-bond acceptors (Lipinski definition) is 2. The van der Waals surface area contributed by atoms with Gasteiger partial charge in [0.1, 0.15) is 12.0 Å². The Kier molecular flexibility index (Phi) is 8.80. The van der Waals surface area contributed by atoms with Crippen LogP contribution in [-0.4, -0.2) is 17.5 Å². The van der Waals surface area contributed by atoms with E-state index in [1.54, 1.807) is 0 Å². The number of nitrogens with zero attached hydrogens (tertiary/aromatic N) is 1. The Morgan fingerprint density at radius 1 is 0.651 bits per heavy atom. The lowest BCUT2D eigenvalue weighted by atomic mass is 10.00. The van der Waals surface area contributed by atoms with E-state index in [9.17, 15) is 4.79 Å². The number of aryl methyl sites for hydroxylation is 1. The Bertz CT molecular complexity index is 1780. The molecule has 0 aliphatic carbocycles. The molecule has 0 fully saturated rings. The number of carbonyl (C=O) groups is 1. The van der Waals surface area contributed by atoms with Crippen molar-refractivity contribution in [3.05, 3.63) is 161 Å². The highest BCUT2D eigenvalue weighted by Gasteiger charge is 2.17. The minimum atomic E-state index is 0.529. The normalized spacial score (nSPS) is 11.1. The van der Waals surface area contributed by atoms with Crippen molar-refractivity contribution < 1.29 is 9.53 Å². The Morgan fingerprint density at radius 3 is 1.88 bits per heavy atom. The maximum absolute atomic E-state index is 10.6. The summed E-state index contributed by atoms with van der Waals surface area (Å²) in [5.41, 5.74) is 11.5. The van der Waals surface area contributed by atoms with Crippen molar-refractivity contribution in [1.29, 1.82) is 0 Å². The summed E-state index contributed by atoms with van der Waals surface area (Å²) in [5, 5.41) is 1.30. The quantitative estimate of drug-likeness (QED) is 0.110. The van der Waals surface area contributed by atoms with E-state index < -0.39 is 0 Å². The molecule has 0 N–H and O–H groups in total. The van der Waals surface area contributed by atoms with E-state index in [4.69, 9.17) is 4.74 Å². The van der Waals surface area contributed by atoms with Crippen LogP contribution in [0.4, 0.5) is 0 Å². The highest BCUT2D eigenvalue weighted by molar-refractivity contribution is 5.92. The van der Waals surface area contributed by atoms with E-state index in [0.29, 0.717) is 13.0 Å². The summed E-state index contributed by atoms with van der Waals surface area (Å²) in [5.74, 6) is 0.836. The fourth-order valence-corrected chi connectivity index (χ4v) is 5.89. The van der Waals surface area contributed by atoms with Gasteiger partial charge in [0.2, 0.25) is 0 Å². The molecule has 0 aliphatic rings. The van der Waals surface area contributed by atoms with Gasteiger partial charge in [-0.2, -0.15) is 0 Å². The van der Waals surface area contributed by atoms with Crippen molar-refractivity contribution in [2.75, 3.05) is 6.61 Å². The van der Waals surface area contributed by atoms with Crippen molar-refractivity contribution >= 4 is 17.2 Å². The van der Waals surface area contributed by atoms with E-state index >= 15 is 0 Å². The number of fused-ring (bicyclic) bond motifs is 1. The Morgan fingerprint density at radius 2 is 1.23 bits per heavy atom. The van der Waals surface area contributed by atoms with Crippen molar-refractivity contribution in [3.8, 4) is 17.0 Å². The Balaban J connectivity index is 1.34. The maximum Gasteiger partial charge on any atom is 0.120 e. The van der Waals surface area contributed by atoms with E-state index in [0.717, 1.165) is 37.8 Å². The summed E-state index contributed by atoms with van der Waals surface area (Å²) >= 11 is 0. The third-order valence-corrected chi connectivity index (χ3v) is 8.11. The van der Waals surface area contributed by atoms with Gasteiger partial charge in [-0.3, -0.25) is 0 Å². The van der Waals surface area contributed by atoms with Crippen LogP contribution in [0.5, 0.6) is 5.75 Å². The summed E-state index contributed by atoms with van der Waals surface area (Å²) < 4.78 is 8.29. The molecule has 43 heavy (non-hydrogen) atoms. The van der Waals surface area contributed by atoms with Gasteiger partial charge < -0.3 is 14.1 Å². The summed E-state index contributed by atoms with van der Waals surface area (Å²) in [6.07, 6.45) is 4.05. The molecule has 0 atom stereocenters. The molecule has 5 aromatic carbocycles. The van der Waals surface area contributed by atoms with Crippen LogP contribution < -0.4 is 4.74 Å². The van der Waals surface area contributed by atoms with Gasteiger partial charge in [0.15, 0.2) is 0 Å². The van der Waals surface area contributed by atoms with Crippen LogP contribution in [0.1, 0.15) is 46.2 Å². The molecule has 6 aromatic rings. The lowest BCUT2D eigenvalue weighted by Crippen LogP contribution is -2.03. The van der Waals surface area contributed by atoms with Crippen molar-refractivity contribution in [2.45, 2.75) is 39.2 Å². The van der Waals surface area contributed by atoms with Gasteiger partial charge in [0, 0.05) is 23.9 Å². The minimum absolute atomic E-state index is 0.529. The molecule has 0 spiro atoms. The SMILES string of the molecule is Cc1c(-c2ccc(Cc3ccccc3)cc2)n(Cc2ccc(OCCCC=O)cc2)c2ccc(Cc3ccccc3)cc12. The topological polar surface area (TPSA) is 31.2 Å². The molecular formula is C40H37NO2. The fraction of sp³-hybridized carbons (Fsp3) is 0.175. The zero-order chi connectivity index (χ0) is 29.4. The molecule has 0 amide bonds. The molecule has 0 unspecified atom stereocenters. The van der Waals surface area contributed by atoms with E-state index in [2.05, 4.69) is 127 Å². The summed E-state index contributed by atoms with van der Waals surface area (Å²) in [4.78, 5) is 10.6. The number of ether oxygens (including phenoxy) is 1. The number of rotatable bonds is 12. The number of aromatic nitrogens is 1. The average Bonchev–Trinajstić information content (AvgIpc) is 3.31. The first kappa shape index (κ1) is 28.2. The lowest BCUT2D eigenvalue weighted by molar-refractivity contribution is -0.108. The molecule has 0 radical (unpaired) electrons. The molecular weight excluding hydrogens is 526 g/mol. The first-order valence-corrected chi connectivity index (χ1v) is 15.1. The van der Waals surface area contributed by atoms with Gasteiger partial charge in [-0.05, 0) is 89.4 Å². The van der Waals surface area contributed by atoms with E-state index in [1.165, 1.54) is 55.5 Å². The zero-order valence-corrected chi connectivity index (χ0v) is 24.7. The highest BCUT2D eigenvalue weighted by Crippen LogP contribution is 2.35. The summed E-state index contributed by atoms with van der Waals surface area (Å²) in [7, 11) is 0. The molecule has 3 heteroatoms. The third-order valence-electron chi connectivity index (χ3n) is 8.11. The smallest absolute Gasteiger partial charge is 0.120 e. The molecule has 0 saturated carbocycles.